The summed E-state index contributed by atoms with van der Waals surface area (Å²) < 4.78 is 40.5. The molecule has 2 aliphatic rings. The first kappa shape index (κ1) is 17.9. The Balaban J connectivity index is 1.81. The van der Waals surface area contributed by atoms with E-state index in [2.05, 4.69) is 18.7 Å². The first-order chi connectivity index (χ1) is 11.7. The van der Waals surface area contributed by atoms with E-state index >= 15 is 0 Å². The highest BCUT2D eigenvalue weighted by molar-refractivity contribution is 7.92. The second-order valence-electron chi connectivity index (χ2n) is 6.93. The molecule has 0 bridgehead atoms. The minimum absolute atomic E-state index is 0.366. The Bertz CT molecular complexity index is 774. The number of hydrogen-bond acceptors (Lipinski definition) is 5. The molecule has 0 aromatic heterocycles. The Labute approximate surface area is 146 Å². The van der Waals surface area contributed by atoms with Gasteiger partial charge >= 0.3 is 10.2 Å². The van der Waals surface area contributed by atoms with Gasteiger partial charge in [0.05, 0.1) is 0 Å². The maximum atomic E-state index is 14.5. The van der Waals surface area contributed by atoms with Gasteiger partial charge in [0.15, 0.2) is 5.82 Å². The SMILES string of the molecule is CC(C)N1CCC(Cc2cc(O)c(N3CC(=O)NS3(=O)=O)c(F)c2)C1. The predicted molar refractivity (Wildman–Crippen MR) is 91.0 cm³/mol. The lowest BCUT2D eigenvalue weighted by atomic mass is 9.98. The third-order valence-electron chi connectivity index (χ3n) is 4.74. The standard InChI is InChI=1S/C16H22FN3O4S/c1-10(2)19-4-3-11(8-19)5-12-6-13(17)16(14(21)7-12)20-9-15(22)18-25(20,23)24/h6-7,10-11,21H,3-5,8-9H2,1-2H3,(H,18,22). The molecule has 1 unspecified atom stereocenters. The number of hydrogen-bond donors (Lipinski definition) is 2. The minimum Gasteiger partial charge on any atom is -0.506 e. The van der Waals surface area contributed by atoms with E-state index in [4.69, 9.17) is 0 Å². The summed E-state index contributed by atoms with van der Waals surface area (Å²) in [5.41, 5.74) is 0.127. The molecule has 2 saturated heterocycles. The van der Waals surface area contributed by atoms with E-state index in [0.29, 0.717) is 28.2 Å². The summed E-state index contributed by atoms with van der Waals surface area (Å²) in [4.78, 5) is 13.7. The molecular weight excluding hydrogens is 349 g/mol. The molecule has 0 spiro atoms. The van der Waals surface area contributed by atoms with Crippen LogP contribution < -0.4 is 9.03 Å². The fraction of sp³-hybridized carbons (Fsp3) is 0.562. The molecule has 0 radical (unpaired) electrons. The van der Waals surface area contributed by atoms with Crippen LogP contribution in [0.2, 0.25) is 0 Å². The van der Waals surface area contributed by atoms with Crippen LogP contribution in [0.5, 0.6) is 5.75 Å². The lowest BCUT2D eigenvalue weighted by Crippen LogP contribution is -2.30. The number of phenols is 1. The Morgan fingerprint density at radius 2 is 2.12 bits per heavy atom. The van der Waals surface area contributed by atoms with E-state index in [0.717, 1.165) is 19.5 Å². The first-order valence-corrected chi connectivity index (χ1v) is 9.70. The maximum absolute atomic E-state index is 14.5. The Morgan fingerprint density at radius 3 is 2.64 bits per heavy atom. The van der Waals surface area contributed by atoms with Crippen LogP contribution in [-0.4, -0.2) is 50.0 Å². The molecule has 1 aromatic carbocycles. The molecule has 7 nitrogen and oxygen atoms in total. The van der Waals surface area contributed by atoms with Crippen molar-refractivity contribution in [2.75, 3.05) is 23.9 Å². The third kappa shape index (κ3) is 3.57. The van der Waals surface area contributed by atoms with Gasteiger partial charge in [-0.3, -0.25) is 4.79 Å². The van der Waals surface area contributed by atoms with Crippen molar-refractivity contribution in [1.29, 1.82) is 0 Å². The van der Waals surface area contributed by atoms with Gasteiger partial charge in [-0.25, -0.2) is 13.4 Å². The molecule has 25 heavy (non-hydrogen) atoms. The van der Waals surface area contributed by atoms with E-state index in [-0.39, 0.29) is 0 Å². The molecule has 1 amide bonds. The molecule has 9 heteroatoms. The van der Waals surface area contributed by atoms with Crippen molar-refractivity contribution < 1.29 is 22.7 Å². The number of carbonyl (C=O) groups excluding carboxylic acids is 1. The number of rotatable bonds is 4. The van der Waals surface area contributed by atoms with Crippen LogP contribution in [0.3, 0.4) is 0 Å². The molecule has 0 aliphatic carbocycles. The molecule has 2 aliphatic heterocycles. The predicted octanol–water partition coefficient (Wildman–Crippen LogP) is 0.985. The second-order valence-corrected chi connectivity index (χ2v) is 8.52. The number of likely N-dealkylation sites (tertiary alicyclic amines) is 1. The first-order valence-electron chi connectivity index (χ1n) is 8.26. The summed E-state index contributed by atoms with van der Waals surface area (Å²) in [6.45, 7) is 5.64. The van der Waals surface area contributed by atoms with Gasteiger partial charge in [0.2, 0.25) is 0 Å². The van der Waals surface area contributed by atoms with Gasteiger partial charge in [0.25, 0.3) is 5.91 Å². The topological polar surface area (TPSA) is 89.9 Å². The number of aromatic hydroxyl groups is 1. The van der Waals surface area contributed by atoms with Gasteiger partial charge in [0, 0.05) is 12.6 Å². The normalized spacial score (nSPS) is 23.4. The van der Waals surface area contributed by atoms with E-state index < -0.39 is 39.9 Å². The summed E-state index contributed by atoms with van der Waals surface area (Å²) in [5, 5.41) is 10.2. The van der Waals surface area contributed by atoms with E-state index in [1.807, 2.05) is 0 Å². The molecule has 2 heterocycles. The number of halogens is 1. The van der Waals surface area contributed by atoms with Gasteiger partial charge in [-0.1, -0.05) is 0 Å². The summed E-state index contributed by atoms with van der Waals surface area (Å²) in [7, 11) is -4.16. The van der Waals surface area contributed by atoms with Crippen molar-refractivity contribution in [1.82, 2.24) is 9.62 Å². The number of nitrogens with zero attached hydrogens (tertiary/aromatic N) is 2. The highest BCUT2D eigenvalue weighted by Gasteiger charge is 2.37. The smallest absolute Gasteiger partial charge is 0.326 e. The van der Waals surface area contributed by atoms with Crippen LogP contribution >= 0.6 is 0 Å². The zero-order chi connectivity index (χ0) is 18.4. The Kier molecular flexibility index (Phi) is 4.63. The third-order valence-corrected chi connectivity index (χ3v) is 6.12. The van der Waals surface area contributed by atoms with Crippen molar-refractivity contribution in [3.63, 3.8) is 0 Å². The molecule has 1 aromatic rings. The minimum atomic E-state index is -4.16. The summed E-state index contributed by atoms with van der Waals surface area (Å²) in [6, 6.07) is 3.09. The highest BCUT2D eigenvalue weighted by Crippen LogP contribution is 2.35. The van der Waals surface area contributed by atoms with Crippen molar-refractivity contribution in [2.45, 2.75) is 32.7 Å². The van der Waals surface area contributed by atoms with Crippen molar-refractivity contribution in [2.24, 2.45) is 5.92 Å². The zero-order valence-corrected chi connectivity index (χ0v) is 15.0. The monoisotopic (exact) mass is 371 g/mol. The van der Waals surface area contributed by atoms with E-state index in [9.17, 15) is 22.7 Å². The Morgan fingerprint density at radius 1 is 1.40 bits per heavy atom. The molecule has 2 fully saturated rings. The van der Waals surface area contributed by atoms with Gasteiger partial charge in [0.1, 0.15) is 18.0 Å². The summed E-state index contributed by atoms with van der Waals surface area (Å²) >= 11 is 0. The number of amides is 1. The van der Waals surface area contributed by atoms with Crippen LogP contribution in [0.15, 0.2) is 12.1 Å². The highest BCUT2D eigenvalue weighted by atomic mass is 32.2. The van der Waals surface area contributed by atoms with Crippen LogP contribution in [0, 0.1) is 11.7 Å². The molecule has 3 rings (SSSR count). The fourth-order valence-electron chi connectivity index (χ4n) is 3.48. The van der Waals surface area contributed by atoms with Crippen LogP contribution in [0.25, 0.3) is 0 Å². The van der Waals surface area contributed by atoms with Gasteiger partial charge in [-0.15, -0.1) is 0 Å². The molecule has 1 atom stereocenters. The average Bonchev–Trinajstić information content (AvgIpc) is 3.03. The largest absolute Gasteiger partial charge is 0.506 e. The average molecular weight is 371 g/mol. The van der Waals surface area contributed by atoms with Crippen LogP contribution in [-0.2, 0) is 21.4 Å². The molecule has 0 saturated carbocycles. The summed E-state index contributed by atoms with van der Waals surface area (Å²) in [6.07, 6.45) is 1.61. The van der Waals surface area contributed by atoms with Crippen molar-refractivity contribution >= 4 is 21.8 Å². The number of phenolic OH excluding ortho intramolecular Hbond substituents is 1. The van der Waals surface area contributed by atoms with Crippen molar-refractivity contribution in [3.8, 4) is 5.75 Å². The Hall–Kier alpha value is -1.87. The maximum Gasteiger partial charge on any atom is 0.326 e. The summed E-state index contributed by atoms with van der Waals surface area (Å²) in [5.74, 6) is -1.73. The lowest BCUT2D eigenvalue weighted by Gasteiger charge is -2.21. The zero-order valence-electron chi connectivity index (χ0n) is 14.2. The van der Waals surface area contributed by atoms with Gasteiger partial charge in [-0.05, 0) is 56.8 Å². The van der Waals surface area contributed by atoms with Gasteiger partial charge < -0.3 is 10.0 Å². The quantitative estimate of drug-likeness (QED) is 0.824. The number of nitrogens with one attached hydrogen (secondary N) is 1. The molecular formula is C16H22FN3O4S. The van der Waals surface area contributed by atoms with Crippen LogP contribution in [0.1, 0.15) is 25.8 Å². The van der Waals surface area contributed by atoms with Gasteiger partial charge in [-0.2, -0.15) is 8.42 Å². The van der Waals surface area contributed by atoms with Crippen molar-refractivity contribution in [3.05, 3.63) is 23.5 Å². The van der Waals surface area contributed by atoms with E-state index in [1.54, 1.807) is 4.72 Å². The molecule has 2 N–H and O–H groups in total. The lowest BCUT2D eigenvalue weighted by molar-refractivity contribution is -0.117. The molecule has 138 valence electrons. The number of anilines is 1. The second kappa shape index (κ2) is 6.45. The fourth-order valence-corrected chi connectivity index (χ4v) is 4.65. The number of carbonyl (C=O) groups is 1. The van der Waals surface area contributed by atoms with E-state index in [1.165, 1.54) is 12.1 Å². The van der Waals surface area contributed by atoms with Crippen LogP contribution in [0.4, 0.5) is 10.1 Å². The number of benzene rings is 1.